The number of rotatable bonds is 5. The monoisotopic (exact) mass is 236 g/mol. The number of ether oxygens (including phenoxy) is 1. The largest absolute Gasteiger partial charge is 0.385 e. The number of carbonyl (C=O) groups excluding carboxylic acids is 1. The molecule has 2 N–H and O–H groups in total. The molecule has 90 valence electrons. The maximum Gasteiger partial charge on any atom is 0.237 e. The Morgan fingerprint density at radius 3 is 2.93 bits per heavy atom. The average Bonchev–Trinajstić information content (AvgIpc) is 2.25. The lowest BCUT2D eigenvalue weighted by Crippen LogP contribution is -2.46. The van der Waals surface area contributed by atoms with Crippen LogP contribution in [0.3, 0.4) is 0 Å². The van der Waals surface area contributed by atoms with Crippen molar-refractivity contribution in [3.05, 3.63) is 0 Å². The number of carbonyl (C=O) groups is 1. The van der Waals surface area contributed by atoms with Crippen LogP contribution in [-0.4, -0.2) is 38.8 Å². The van der Waals surface area contributed by atoms with Gasteiger partial charge in [0.25, 0.3) is 0 Å². The van der Waals surface area contributed by atoms with Crippen molar-refractivity contribution in [2.75, 3.05) is 26.8 Å². The molecule has 1 atom stereocenters. The SMILES string of the molecule is COCCCNC(=O)C1CCCCN1.Cl. The second-order valence-electron chi connectivity index (χ2n) is 3.64. The van der Waals surface area contributed by atoms with Crippen molar-refractivity contribution in [3.8, 4) is 0 Å². The molecule has 0 aromatic rings. The molecule has 0 saturated carbocycles. The van der Waals surface area contributed by atoms with Crippen molar-refractivity contribution in [1.82, 2.24) is 10.6 Å². The van der Waals surface area contributed by atoms with E-state index in [-0.39, 0.29) is 24.4 Å². The molecule has 0 aromatic heterocycles. The Bertz CT molecular complexity index is 173. The van der Waals surface area contributed by atoms with Crippen LogP contribution in [0.1, 0.15) is 25.7 Å². The lowest BCUT2D eigenvalue weighted by Gasteiger charge is -2.22. The van der Waals surface area contributed by atoms with Crippen molar-refractivity contribution < 1.29 is 9.53 Å². The summed E-state index contributed by atoms with van der Waals surface area (Å²) in [5, 5.41) is 6.12. The van der Waals surface area contributed by atoms with Gasteiger partial charge >= 0.3 is 0 Å². The van der Waals surface area contributed by atoms with Crippen molar-refractivity contribution >= 4 is 18.3 Å². The minimum atomic E-state index is 0. The van der Waals surface area contributed by atoms with Crippen LogP contribution in [0, 0.1) is 0 Å². The molecule has 0 aliphatic carbocycles. The summed E-state index contributed by atoms with van der Waals surface area (Å²) in [4.78, 5) is 11.5. The summed E-state index contributed by atoms with van der Waals surface area (Å²) in [6, 6.07) is 0.0336. The first-order valence-corrected chi connectivity index (χ1v) is 5.34. The molecule has 1 rings (SSSR count). The summed E-state index contributed by atoms with van der Waals surface area (Å²) in [5.41, 5.74) is 0. The quantitative estimate of drug-likeness (QED) is 0.691. The zero-order chi connectivity index (χ0) is 10.2. The molecule has 15 heavy (non-hydrogen) atoms. The van der Waals surface area contributed by atoms with E-state index in [0.29, 0.717) is 13.2 Å². The van der Waals surface area contributed by atoms with E-state index in [4.69, 9.17) is 4.74 Å². The van der Waals surface area contributed by atoms with Gasteiger partial charge in [0.15, 0.2) is 0 Å². The molecule has 1 heterocycles. The van der Waals surface area contributed by atoms with Gasteiger partial charge in [0.05, 0.1) is 6.04 Å². The number of halogens is 1. The van der Waals surface area contributed by atoms with Gasteiger partial charge in [0, 0.05) is 20.3 Å². The predicted octanol–water partition coefficient (Wildman–Crippen LogP) is 0.703. The van der Waals surface area contributed by atoms with E-state index in [1.165, 1.54) is 6.42 Å². The van der Waals surface area contributed by atoms with E-state index in [2.05, 4.69) is 10.6 Å². The molecule has 1 unspecified atom stereocenters. The number of amides is 1. The molecule has 1 aliphatic heterocycles. The second-order valence-corrected chi connectivity index (χ2v) is 3.64. The summed E-state index contributed by atoms with van der Waals surface area (Å²) < 4.78 is 4.90. The molecule has 0 bridgehead atoms. The van der Waals surface area contributed by atoms with Gasteiger partial charge < -0.3 is 15.4 Å². The van der Waals surface area contributed by atoms with Crippen LogP contribution in [-0.2, 0) is 9.53 Å². The molecule has 4 nitrogen and oxygen atoms in total. The zero-order valence-electron chi connectivity index (χ0n) is 9.25. The summed E-state index contributed by atoms with van der Waals surface area (Å²) in [7, 11) is 1.67. The first kappa shape index (κ1) is 14.7. The van der Waals surface area contributed by atoms with Crippen molar-refractivity contribution in [3.63, 3.8) is 0 Å². The standard InChI is InChI=1S/C10H20N2O2.ClH/c1-14-8-4-7-12-10(13)9-5-2-3-6-11-9;/h9,11H,2-8H2,1H3,(H,12,13);1H. The number of nitrogens with one attached hydrogen (secondary N) is 2. The summed E-state index contributed by atoms with van der Waals surface area (Å²) in [5.74, 6) is 0.140. The average molecular weight is 237 g/mol. The van der Waals surface area contributed by atoms with Crippen LogP contribution < -0.4 is 10.6 Å². The van der Waals surface area contributed by atoms with Crippen molar-refractivity contribution in [2.24, 2.45) is 0 Å². The first-order chi connectivity index (χ1) is 6.84. The zero-order valence-corrected chi connectivity index (χ0v) is 10.1. The van der Waals surface area contributed by atoms with E-state index in [1.807, 2.05) is 0 Å². The van der Waals surface area contributed by atoms with Crippen LogP contribution in [0.5, 0.6) is 0 Å². The minimum Gasteiger partial charge on any atom is -0.385 e. The highest BCUT2D eigenvalue weighted by molar-refractivity contribution is 5.85. The molecule has 0 aromatic carbocycles. The Morgan fingerprint density at radius 1 is 1.53 bits per heavy atom. The fourth-order valence-electron chi connectivity index (χ4n) is 1.63. The maximum atomic E-state index is 11.5. The van der Waals surface area contributed by atoms with Crippen LogP contribution in [0.2, 0.25) is 0 Å². The Hall–Kier alpha value is -0.320. The van der Waals surface area contributed by atoms with Crippen LogP contribution in [0.15, 0.2) is 0 Å². The number of methoxy groups -OCH3 is 1. The lowest BCUT2D eigenvalue weighted by atomic mass is 10.0. The Balaban J connectivity index is 0.00000196. The van der Waals surface area contributed by atoms with Gasteiger partial charge in [-0.1, -0.05) is 6.42 Å². The molecular weight excluding hydrogens is 216 g/mol. The van der Waals surface area contributed by atoms with Crippen LogP contribution in [0.25, 0.3) is 0 Å². The fraction of sp³-hybridized carbons (Fsp3) is 0.900. The molecule has 5 heteroatoms. The third-order valence-corrected chi connectivity index (χ3v) is 2.45. The molecule has 0 radical (unpaired) electrons. The second kappa shape index (κ2) is 8.95. The van der Waals surface area contributed by atoms with Crippen molar-refractivity contribution in [2.45, 2.75) is 31.7 Å². The van der Waals surface area contributed by atoms with Gasteiger partial charge in [-0.2, -0.15) is 0 Å². The molecule has 1 amide bonds. The maximum absolute atomic E-state index is 11.5. The third kappa shape index (κ3) is 5.97. The van der Waals surface area contributed by atoms with Gasteiger partial charge in [-0.3, -0.25) is 4.79 Å². The highest BCUT2D eigenvalue weighted by atomic mass is 35.5. The number of hydrogen-bond donors (Lipinski definition) is 2. The number of hydrogen-bond acceptors (Lipinski definition) is 3. The van der Waals surface area contributed by atoms with Crippen molar-refractivity contribution in [1.29, 1.82) is 0 Å². The van der Waals surface area contributed by atoms with E-state index in [9.17, 15) is 4.79 Å². The fourth-order valence-corrected chi connectivity index (χ4v) is 1.63. The third-order valence-electron chi connectivity index (χ3n) is 2.45. The summed E-state index contributed by atoms with van der Waals surface area (Å²) in [6.07, 6.45) is 4.20. The number of piperidine rings is 1. The highest BCUT2D eigenvalue weighted by Crippen LogP contribution is 2.06. The van der Waals surface area contributed by atoms with Gasteiger partial charge in [-0.05, 0) is 25.8 Å². The Labute approximate surface area is 97.5 Å². The molecule has 1 saturated heterocycles. The normalized spacial score (nSPS) is 20.5. The summed E-state index contributed by atoms with van der Waals surface area (Å²) >= 11 is 0. The first-order valence-electron chi connectivity index (χ1n) is 5.34. The van der Waals surface area contributed by atoms with E-state index >= 15 is 0 Å². The Kier molecular flexibility index (Phi) is 8.76. The van der Waals surface area contributed by atoms with Crippen LogP contribution in [0.4, 0.5) is 0 Å². The predicted molar refractivity (Wildman–Crippen MR) is 62.4 cm³/mol. The lowest BCUT2D eigenvalue weighted by molar-refractivity contribution is -0.123. The van der Waals surface area contributed by atoms with Gasteiger partial charge in [0.2, 0.25) is 5.91 Å². The van der Waals surface area contributed by atoms with Gasteiger partial charge in [-0.15, -0.1) is 12.4 Å². The molecule has 0 spiro atoms. The highest BCUT2D eigenvalue weighted by Gasteiger charge is 2.19. The molecular formula is C10H21ClN2O2. The topological polar surface area (TPSA) is 50.4 Å². The molecule has 1 aliphatic rings. The minimum absolute atomic E-state index is 0. The van der Waals surface area contributed by atoms with Gasteiger partial charge in [-0.25, -0.2) is 0 Å². The molecule has 1 fully saturated rings. The Morgan fingerprint density at radius 2 is 2.33 bits per heavy atom. The van der Waals surface area contributed by atoms with Crippen LogP contribution >= 0.6 is 12.4 Å². The smallest absolute Gasteiger partial charge is 0.237 e. The van der Waals surface area contributed by atoms with E-state index in [1.54, 1.807) is 7.11 Å². The van der Waals surface area contributed by atoms with E-state index in [0.717, 1.165) is 25.8 Å². The van der Waals surface area contributed by atoms with Gasteiger partial charge in [0.1, 0.15) is 0 Å². The van der Waals surface area contributed by atoms with E-state index < -0.39 is 0 Å². The summed E-state index contributed by atoms with van der Waals surface area (Å²) in [6.45, 7) is 2.39.